The van der Waals surface area contributed by atoms with Crippen molar-refractivity contribution in [3.8, 4) is 11.5 Å². The third-order valence-corrected chi connectivity index (χ3v) is 10.2. The van der Waals surface area contributed by atoms with Crippen molar-refractivity contribution in [2.75, 3.05) is 19.5 Å². The van der Waals surface area contributed by atoms with Crippen molar-refractivity contribution >= 4 is 34.0 Å². The molecule has 230 valence electrons. The second-order valence-electron chi connectivity index (χ2n) is 12.2. The predicted molar refractivity (Wildman–Crippen MR) is 172 cm³/mol. The van der Waals surface area contributed by atoms with E-state index in [9.17, 15) is 14.9 Å². The van der Waals surface area contributed by atoms with Crippen LogP contribution in [0.1, 0.15) is 38.5 Å². The number of non-ortho nitro benzene ring substituents is 1. The van der Waals surface area contributed by atoms with Gasteiger partial charge in [0.25, 0.3) is 5.69 Å². The molecule has 5 aromatic rings. The van der Waals surface area contributed by atoms with Gasteiger partial charge in [-0.1, -0.05) is 48.5 Å². The van der Waals surface area contributed by atoms with Gasteiger partial charge in [0.1, 0.15) is 5.54 Å². The van der Waals surface area contributed by atoms with Crippen molar-refractivity contribution in [3.05, 3.63) is 129 Å². The third kappa shape index (κ3) is 3.61. The maximum absolute atomic E-state index is 15.3. The van der Waals surface area contributed by atoms with Crippen molar-refractivity contribution in [2.45, 2.75) is 30.3 Å². The van der Waals surface area contributed by atoms with E-state index in [1.165, 1.54) is 13.2 Å². The number of aromatic nitrogens is 1. The minimum atomic E-state index is -1.48. The van der Waals surface area contributed by atoms with E-state index in [0.717, 1.165) is 22.0 Å². The monoisotopic (exact) mass is 614 g/mol. The average molecular weight is 615 g/mol. The SMILES string of the molecule is COc1cc2c(cc1OC)C(=O)[C@]1(C2)[C@H](c2cccc([N+](=O)[O-])c2)[C@H](Cc2c[nH]c3ccccc23)NC12C(=O)Nc1ccccc12. The Morgan fingerprint density at radius 3 is 2.50 bits per heavy atom. The summed E-state index contributed by atoms with van der Waals surface area (Å²) in [5.74, 6) is -0.309. The number of H-pyrrole nitrogens is 1. The molecule has 46 heavy (non-hydrogen) atoms. The number of ketones is 1. The van der Waals surface area contributed by atoms with Crippen LogP contribution in [-0.4, -0.2) is 41.9 Å². The molecule has 8 rings (SSSR count). The topological polar surface area (TPSA) is 136 Å². The van der Waals surface area contributed by atoms with Crippen LogP contribution in [0, 0.1) is 15.5 Å². The highest BCUT2D eigenvalue weighted by Crippen LogP contribution is 2.66. The molecule has 1 unspecified atom stereocenters. The van der Waals surface area contributed by atoms with Crippen LogP contribution >= 0.6 is 0 Å². The summed E-state index contributed by atoms with van der Waals surface area (Å²) in [6, 6.07) is 24.9. The number of aromatic amines is 1. The Kier molecular flexibility index (Phi) is 6.10. The van der Waals surface area contributed by atoms with E-state index in [1.807, 2.05) is 66.9 Å². The van der Waals surface area contributed by atoms with Crippen LogP contribution in [0.5, 0.6) is 11.5 Å². The van der Waals surface area contributed by atoms with E-state index in [1.54, 1.807) is 25.3 Å². The molecule has 4 atom stereocenters. The van der Waals surface area contributed by atoms with E-state index in [-0.39, 0.29) is 23.8 Å². The molecule has 0 radical (unpaired) electrons. The standard InChI is InChI=1S/C36H30N4O6/c1-45-30-16-21-18-35(33(41)25(21)17-31(30)46-2)32(20-8-7-9-23(14-20)40(43)44)29(15-22-19-37-27-12-5-3-10-24(22)27)39-36(35)26-11-4-6-13-28(26)38-34(36)42/h3-14,16-17,19,29,32,37,39H,15,18H2,1-2H3,(H,38,42)/t29-,32+,35-,36?/m0/s1. The lowest BCUT2D eigenvalue weighted by molar-refractivity contribution is -0.384. The van der Waals surface area contributed by atoms with Crippen molar-refractivity contribution in [3.63, 3.8) is 0 Å². The van der Waals surface area contributed by atoms with E-state index in [4.69, 9.17) is 9.47 Å². The Labute approximate surface area is 263 Å². The second kappa shape index (κ2) is 10.0. The number of ether oxygens (including phenoxy) is 2. The lowest BCUT2D eigenvalue weighted by Gasteiger charge is -2.41. The highest BCUT2D eigenvalue weighted by Gasteiger charge is 2.75. The Morgan fingerprint density at radius 2 is 1.70 bits per heavy atom. The van der Waals surface area contributed by atoms with Crippen LogP contribution < -0.4 is 20.1 Å². The number of nitro groups is 1. The second-order valence-corrected chi connectivity index (χ2v) is 12.2. The fraction of sp³-hybridized carbons (Fsp3) is 0.222. The van der Waals surface area contributed by atoms with Crippen LogP contribution in [0.4, 0.5) is 11.4 Å². The molecule has 10 nitrogen and oxygen atoms in total. The normalized spacial score (nSPS) is 24.4. The number of hydrogen-bond donors (Lipinski definition) is 3. The maximum Gasteiger partial charge on any atom is 0.269 e. The quantitative estimate of drug-likeness (QED) is 0.166. The van der Waals surface area contributed by atoms with Gasteiger partial charge < -0.3 is 19.8 Å². The first kappa shape index (κ1) is 28.0. The molecule has 10 heteroatoms. The summed E-state index contributed by atoms with van der Waals surface area (Å²) >= 11 is 0. The molecule has 1 aromatic heterocycles. The summed E-state index contributed by atoms with van der Waals surface area (Å²) in [5.41, 5.74) is 2.11. The van der Waals surface area contributed by atoms with E-state index >= 15 is 4.79 Å². The van der Waals surface area contributed by atoms with Gasteiger partial charge in [-0.05, 0) is 53.8 Å². The number of para-hydroxylation sites is 2. The zero-order valence-corrected chi connectivity index (χ0v) is 25.1. The molecule has 1 aliphatic carbocycles. The first-order chi connectivity index (χ1) is 22.3. The molecule has 3 aliphatic rings. The van der Waals surface area contributed by atoms with Crippen molar-refractivity contribution < 1.29 is 24.0 Å². The third-order valence-electron chi connectivity index (χ3n) is 10.2. The average Bonchev–Trinajstić information content (AvgIpc) is 3.78. The molecular formula is C36H30N4O6. The van der Waals surface area contributed by atoms with Gasteiger partial charge in [0.2, 0.25) is 5.91 Å². The molecule has 1 saturated heterocycles. The van der Waals surface area contributed by atoms with Crippen LogP contribution in [0.15, 0.2) is 91.1 Å². The molecule has 2 aliphatic heterocycles. The first-order valence-corrected chi connectivity index (χ1v) is 15.1. The summed E-state index contributed by atoms with van der Waals surface area (Å²) in [4.78, 5) is 44.9. The Morgan fingerprint density at radius 1 is 0.935 bits per heavy atom. The summed E-state index contributed by atoms with van der Waals surface area (Å²) < 4.78 is 11.2. The zero-order chi connectivity index (χ0) is 31.8. The van der Waals surface area contributed by atoms with Gasteiger partial charge in [0, 0.05) is 58.0 Å². The number of carbonyl (C=O) groups excluding carboxylic acids is 2. The van der Waals surface area contributed by atoms with Gasteiger partial charge in [-0.2, -0.15) is 0 Å². The molecule has 3 heterocycles. The van der Waals surface area contributed by atoms with Crippen LogP contribution in [-0.2, 0) is 23.2 Å². The lowest BCUT2D eigenvalue weighted by atomic mass is 9.58. The fourth-order valence-electron chi connectivity index (χ4n) is 8.42. The molecular weight excluding hydrogens is 584 g/mol. The number of carbonyl (C=O) groups is 2. The number of amides is 1. The Balaban J connectivity index is 1.42. The fourth-order valence-corrected chi connectivity index (χ4v) is 8.42. The highest BCUT2D eigenvalue weighted by atomic mass is 16.6. The molecule has 0 saturated carbocycles. The smallest absolute Gasteiger partial charge is 0.269 e. The molecule has 1 amide bonds. The molecule has 1 fully saturated rings. The van der Waals surface area contributed by atoms with Crippen LogP contribution in [0.25, 0.3) is 10.9 Å². The van der Waals surface area contributed by atoms with E-state index in [0.29, 0.717) is 40.3 Å². The number of nitro benzene ring substituents is 1. The summed E-state index contributed by atoms with van der Waals surface area (Å²) in [6.07, 6.45) is 2.61. The minimum Gasteiger partial charge on any atom is -0.493 e. The summed E-state index contributed by atoms with van der Waals surface area (Å²) in [6.45, 7) is 0. The van der Waals surface area contributed by atoms with Gasteiger partial charge >= 0.3 is 0 Å². The van der Waals surface area contributed by atoms with Crippen LogP contribution in [0.3, 0.4) is 0 Å². The van der Waals surface area contributed by atoms with Gasteiger partial charge in [0.05, 0.1) is 24.6 Å². The first-order valence-electron chi connectivity index (χ1n) is 15.1. The highest BCUT2D eigenvalue weighted by molar-refractivity contribution is 6.16. The zero-order valence-electron chi connectivity index (χ0n) is 25.1. The molecule has 0 bridgehead atoms. The van der Waals surface area contributed by atoms with Crippen molar-refractivity contribution in [1.82, 2.24) is 10.3 Å². The molecule has 2 spiro atoms. The van der Waals surface area contributed by atoms with E-state index < -0.39 is 27.8 Å². The Bertz CT molecular complexity index is 2110. The summed E-state index contributed by atoms with van der Waals surface area (Å²) in [7, 11) is 3.06. The van der Waals surface area contributed by atoms with Gasteiger partial charge in [-0.25, -0.2) is 0 Å². The number of rotatable bonds is 6. The largest absolute Gasteiger partial charge is 0.493 e. The number of nitrogens with zero attached hydrogens (tertiary/aromatic N) is 1. The lowest BCUT2D eigenvalue weighted by Crippen LogP contribution is -2.58. The minimum absolute atomic E-state index is 0.0815. The number of anilines is 1. The van der Waals surface area contributed by atoms with Crippen molar-refractivity contribution in [2.24, 2.45) is 5.41 Å². The van der Waals surface area contributed by atoms with Gasteiger partial charge in [-0.3, -0.25) is 25.0 Å². The van der Waals surface area contributed by atoms with E-state index in [2.05, 4.69) is 15.6 Å². The number of benzene rings is 4. The number of nitrogens with one attached hydrogen (secondary N) is 3. The number of methoxy groups -OCH3 is 2. The summed E-state index contributed by atoms with van der Waals surface area (Å²) in [5, 5.41) is 19.9. The van der Waals surface area contributed by atoms with Crippen molar-refractivity contribution in [1.29, 1.82) is 0 Å². The number of fused-ring (bicyclic) bond motifs is 5. The number of hydrogen-bond acceptors (Lipinski definition) is 7. The predicted octanol–water partition coefficient (Wildman–Crippen LogP) is 5.66. The molecule has 4 aromatic carbocycles. The Hall–Kier alpha value is -5.48. The van der Waals surface area contributed by atoms with Gasteiger partial charge in [0.15, 0.2) is 17.3 Å². The molecule has 3 N–H and O–H groups in total. The van der Waals surface area contributed by atoms with Crippen LogP contribution in [0.2, 0.25) is 0 Å². The number of Topliss-reactive ketones (excluding diaryl/α,β-unsaturated/α-hetero) is 1. The maximum atomic E-state index is 15.3. The van der Waals surface area contributed by atoms with Gasteiger partial charge in [-0.15, -0.1) is 0 Å².